The Hall–Kier alpha value is -0.470. The third-order valence-electron chi connectivity index (χ3n) is 2.26. The first-order valence-corrected chi connectivity index (χ1v) is 5.25. The molecule has 1 heterocycles. The van der Waals surface area contributed by atoms with E-state index in [4.69, 9.17) is 5.73 Å². The molecule has 0 amide bonds. The van der Waals surface area contributed by atoms with Crippen LogP contribution in [0.15, 0.2) is 35.3 Å². The Morgan fingerprint density at radius 3 is 3.17 bits per heavy atom. The number of fused-ring (bicyclic) bond motifs is 1. The second-order valence-electron chi connectivity index (χ2n) is 3.15. The number of nitrogens with two attached hydrogens (primary N) is 1. The molecule has 1 aliphatic heterocycles. The van der Waals surface area contributed by atoms with Gasteiger partial charge in [-0.25, -0.2) is 0 Å². The molecule has 0 spiro atoms. The van der Waals surface area contributed by atoms with Crippen LogP contribution in [0.2, 0.25) is 0 Å². The number of allylic oxidation sites excluding steroid dienone is 3. The minimum Gasteiger partial charge on any atom is -0.330 e. The van der Waals surface area contributed by atoms with Crippen molar-refractivity contribution in [2.24, 2.45) is 11.7 Å². The van der Waals surface area contributed by atoms with Crippen molar-refractivity contribution < 1.29 is 0 Å². The van der Waals surface area contributed by atoms with Crippen LogP contribution in [-0.4, -0.2) is 11.8 Å². The second-order valence-corrected chi connectivity index (χ2v) is 4.23. The van der Waals surface area contributed by atoms with E-state index < -0.39 is 0 Å². The van der Waals surface area contributed by atoms with Crippen LogP contribution in [0, 0.1) is 5.92 Å². The maximum atomic E-state index is 5.50. The van der Waals surface area contributed by atoms with Gasteiger partial charge in [-0.05, 0) is 23.9 Å². The molecule has 64 valence electrons. The zero-order valence-corrected chi connectivity index (χ0v) is 7.76. The second kappa shape index (κ2) is 3.50. The van der Waals surface area contributed by atoms with Crippen LogP contribution >= 0.6 is 11.8 Å². The van der Waals surface area contributed by atoms with Crippen LogP contribution in [0.3, 0.4) is 0 Å². The van der Waals surface area contributed by atoms with Gasteiger partial charge in [0.25, 0.3) is 0 Å². The molecule has 1 nitrogen and oxygen atoms in total. The summed E-state index contributed by atoms with van der Waals surface area (Å²) in [6.45, 7) is 0.756. The van der Waals surface area contributed by atoms with E-state index in [0.29, 0.717) is 11.2 Å². The first-order valence-electron chi connectivity index (χ1n) is 4.31. The van der Waals surface area contributed by atoms with E-state index >= 15 is 0 Å². The average molecular weight is 179 g/mol. The van der Waals surface area contributed by atoms with Crippen molar-refractivity contribution in [3.8, 4) is 0 Å². The monoisotopic (exact) mass is 179 g/mol. The summed E-state index contributed by atoms with van der Waals surface area (Å²) in [6, 6.07) is 0. The van der Waals surface area contributed by atoms with Crippen LogP contribution in [0.1, 0.15) is 6.42 Å². The van der Waals surface area contributed by atoms with Gasteiger partial charge in [0.2, 0.25) is 0 Å². The first kappa shape index (κ1) is 8.14. The van der Waals surface area contributed by atoms with Crippen molar-refractivity contribution in [2.75, 3.05) is 6.54 Å². The Labute approximate surface area is 77.4 Å². The molecule has 2 atom stereocenters. The minimum atomic E-state index is 0.636. The Kier molecular flexibility index (Phi) is 2.38. The zero-order valence-electron chi connectivity index (χ0n) is 6.94. The molecule has 0 aromatic rings. The molecule has 2 N–H and O–H groups in total. The highest BCUT2D eigenvalue weighted by molar-refractivity contribution is 8.03. The molecule has 2 rings (SSSR count). The zero-order chi connectivity index (χ0) is 8.39. The van der Waals surface area contributed by atoms with Gasteiger partial charge in [-0.3, -0.25) is 0 Å². The third kappa shape index (κ3) is 1.50. The van der Waals surface area contributed by atoms with Crippen LogP contribution in [0.5, 0.6) is 0 Å². The fourth-order valence-electron chi connectivity index (χ4n) is 1.59. The van der Waals surface area contributed by atoms with E-state index in [9.17, 15) is 0 Å². The summed E-state index contributed by atoms with van der Waals surface area (Å²) in [5.74, 6) is 0.636. The lowest BCUT2D eigenvalue weighted by Crippen LogP contribution is -2.11. The Bertz CT molecular complexity index is 253. The molecule has 1 aliphatic carbocycles. The maximum Gasteiger partial charge on any atom is 0.0371 e. The molecule has 2 heteroatoms. The largest absolute Gasteiger partial charge is 0.330 e. The lowest BCUT2D eigenvalue weighted by molar-refractivity contribution is 0.829. The van der Waals surface area contributed by atoms with Crippen LogP contribution in [-0.2, 0) is 0 Å². The van der Waals surface area contributed by atoms with Gasteiger partial charge >= 0.3 is 0 Å². The fourth-order valence-corrected chi connectivity index (χ4v) is 2.66. The van der Waals surface area contributed by atoms with E-state index in [0.717, 1.165) is 13.0 Å². The Morgan fingerprint density at radius 2 is 2.33 bits per heavy atom. The van der Waals surface area contributed by atoms with Crippen molar-refractivity contribution in [2.45, 2.75) is 11.7 Å². The van der Waals surface area contributed by atoms with E-state index in [-0.39, 0.29) is 0 Å². The first-order chi connectivity index (χ1) is 5.90. The number of rotatable bonds is 2. The van der Waals surface area contributed by atoms with Crippen molar-refractivity contribution in [3.05, 3.63) is 35.3 Å². The lowest BCUT2D eigenvalue weighted by Gasteiger charge is -2.17. The smallest absolute Gasteiger partial charge is 0.0371 e. The van der Waals surface area contributed by atoms with Crippen molar-refractivity contribution in [1.29, 1.82) is 0 Å². The Morgan fingerprint density at radius 1 is 1.42 bits per heavy atom. The molecule has 0 saturated carbocycles. The molecule has 12 heavy (non-hydrogen) atoms. The van der Waals surface area contributed by atoms with Gasteiger partial charge in [0, 0.05) is 11.2 Å². The van der Waals surface area contributed by atoms with E-state index in [1.54, 1.807) is 0 Å². The highest BCUT2D eigenvalue weighted by Gasteiger charge is 2.21. The molecule has 0 aromatic carbocycles. The summed E-state index contributed by atoms with van der Waals surface area (Å²) in [5.41, 5.74) is 6.90. The minimum absolute atomic E-state index is 0.636. The SMILES string of the molecule is NCCC1=CC2SC=CC2C=C1. The summed E-state index contributed by atoms with van der Waals surface area (Å²) in [5, 5.41) is 2.85. The highest BCUT2D eigenvalue weighted by Crippen LogP contribution is 2.35. The number of hydrogen-bond donors (Lipinski definition) is 1. The lowest BCUT2D eigenvalue weighted by atomic mass is 9.95. The molecule has 0 radical (unpaired) electrons. The predicted molar refractivity (Wildman–Crippen MR) is 54.9 cm³/mol. The number of thioether (sulfide) groups is 1. The summed E-state index contributed by atoms with van der Waals surface area (Å²) in [6.07, 6.45) is 10.1. The predicted octanol–water partition coefficient (Wildman–Crippen LogP) is 2.08. The summed E-state index contributed by atoms with van der Waals surface area (Å²) < 4.78 is 0. The molecular formula is C10H13NS. The average Bonchev–Trinajstić information content (AvgIpc) is 2.51. The van der Waals surface area contributed by atoms with Gasteiger partial charge in [0.1, 0.15) is 0 Å². The summed E-state index contributed by atoms with van der Waals surface area (Å²) in [7, 11) is 0. The third-order valence-corrected chi connectivity index (χ3v) is 3.34. The Balaban J connectivity index is 2.07. The molecule has 0 saturated heterocycles. The van der Waals surface area contributed by atoms with Crippen LogP contribution in [0.25, 0.3) is 0 Å². The van der Waals surface area contributed by atoms with E-state index in [1.807, 2.05) is 11.8 Å². The molecule has 0 bridgehead atoms. The fraction of sp³-hybridized carbons (Fsp3) is 0.400. The standard InChI is InChI=1S/C10H13NS/c11-5-3-8-1-2-9-4-6-12-10(9)7-8/h1-2,4,6-7,9-10H,3,5,11H2. The normalized spacial score (nSPS) is 31.9. The van der Waals surface area contributed by atoms with Crippen molar-refractivity contribution in [1.82, 2.24) is 0 Å². The van der Waals surface area contributed by atoms with Gasteiger partial charge in [0.05, 0.1) is 0 Å². The highest BCUT2D eigenvalue weighted by atomic mass is 32.2. The number of hydrogen-bond acceptors (Lipinski definition) is 2. The molecule has 2 aliphatic rings. The van der Waals surface area contributed by atoms with Gasteiger partial charge in [-0.2, -0.15) is 0 Å². The maximum absolute atomic E-state index is 5.50. The van der Waals surface area contributed by atoms with Gasteiger partial charge in [0.15, 0.2) is 0 Å². The van der Waals surface area contributed by atoms with Gasteiger partial charge < -0.3 is 5.73 Å². The molecule has 2 unspecified atom stereocenters. The quantitative estimate of drug-likeness (QED) is 0.702. The van der Waals surface area contributed by atoms with Crippen molar-refractivity contribution in [3.63, 3.8) is 0 Å². The molecule has 0 fully saturated rings. The van der Waals surface area contributed by atoms with E-state index in [1.165, 1.54) is 5.57 Å². The van der Waals surface area contributed by atoms with Gasteiger partial charge in [-0.15, -0.1) is 11.8 Å². The summed E-state index contributed by atoms with van der Waals surface area (Å²) in [4.78, 5) is 0. The van der Waals surface area contributed by atoms with Crippen LogP contribution < -0.4 is 5.73 Å². The summed E-state index contributed by atoms with van der Waals surface area (Å²) >= 11 is 1.91. The van der Waals surface area contributed by atoms with Crippen LogP contribution in [0.4, 0.5) is 0 Å². The topological polar surface area (TPSA) is 26.0 Å². The molecule has 0 aromatic heterocycles. The van der Waals surface area contributed by atoms with Gasteiger partial charge in [-0.1, -0.05) is 24.3 Å². The van der Waals surface area contributed by atoms with E-state index in [2.05, 4.69) is 29.7 Å². The van der Waals surface area contributed by atoms with Crippen molar-refractivity contribution >= 4 is 11.8 Å². The molecular weight excluding hydrogens is 166 g/mol.